The van der Waals surface area contributed by atoms with E-state index in [1.807, 2.05) is 6.20 Å². The summed E-state index contributed by atoms with van der Waals surface area (Å²) in [6.45, 7) is 5.64. The fourth-order valence-electron chi connectivity index (χ4n) is 3.26. The summed E-state index contributed by atoms with van der Waals surface area (Å²) in [7, 11) is 0. The van der Waals surface area contributed by atoms with E-state index >= 15 is 0 Å². The Morgan fingerprint density at radius 3 is 2.59 bits per heavy atom. The van der Waals surface area contributed by atoms with Crippen molar-refractivity contribution in [2.45, 2.75) is 45.6 Å². The average Bonchev–Trinajstić information content (AvgIpc) is 3.46. The molecule has 0 spiro atoms. The Balaban J connectivity index is 0.000000449. The second-order valence-electron chi connectivity index (χ2n) is 7.13. The summed E-state index contributed by atoms with van der Waals surface area (Å²) < 4.78 is 0.931. The van der Waals surface area contributed by atoms with E-state index < -0.39 is 0 Å². The summed E-state index contributed by atoms with van der Waals surface area (Å²) >= 11 is 3.63. The highest BCUT2D eigenvalue weighted by atomic mass is 79.9. The molecule has 9 heteroatoms. The molecule has 0 unspecified atom stereocenters. The molecule has 2 aromatic heterocycles. The van der Waals surface area contributed by atoms with Crippen molar-refractivity contribution in [1.82, 2.24) is 9.97 Å². The number of H-pyrrole nitrogens is 1. The Morgan fingerprint density at radius 1 is 1.34 bits per heavy atom. The van der Waals surface area contributed by atoms with Crippen molar-refractivity contribution in [3.63, 3.8) is 0 Å². The molecule has 1 atom stereocenters. The van der Waals surface area contributed by atoms with Crippen LogP contribution < -0.4 is 16.0 Å². The normalized spacial score (nSPS) is 18.4. The lowest BCUT2D eigenvalue weighted by molar-refractivity contribution is -0.117. The van der Waals surface area contributed by atoms with Gasteiger partial charge in [-0.3, -0.25) is 4.79 Å². The van der Waals surface area contributed by atoms with Crippen LogP contribution in [-0.4, -0.2) is 58.4 Å². The number of carbonyl (C=O) groups is 1. The number of halogens is 1. The number of pyridine rings is 1. The number of amides is 1. The Morgan fingerprint density at radius 2 is 2.00 bits per heavy atom. The minimum atomic E-state index is 0.104. The summed E-state index contributed by atoms with van der Waals surface area (Å²) in [5, 5.41) is 19.2. The average molecular weight is 470 g/mol. The van der Waals surface area contributed by atoms with Gasteiger partial charge in [0.1, 0.15) is 5.65 Å². The van der Waals surface area contributed by atoms with Crippen LogP contribution in [0.1, 0.15) is 39.5 Å². The smallest absolute Gasteiger partial charge is 0.227 e. The summed E-state index contributed by atoms with van der Waals surface area (Å²) in [5.41, 5.74) is 8.81. The number of anilines is 2. The number of rotatable bonds is 3. The number of nitrogens with two attached hydrogens (primary N) is 1. The fourth-order valence-corrected chi connectivity index (χ4v) is 3.81. The standard InChI is InChI=1S/C16H20BrN5O.2C2H6O/c17-11-6-19-15-13(14(11)22-5-1-2-10(18)8-22)12(7-20-15)21-16(23)9-3-4-9;2*1-2-3/h6-7,9-10H,1-5,8,18H2,(H,19,20)(H,21,23);2*3H,2H2,1H3/t10-;;/m1../s1. The number of aliphatic hydroxyl groups excluding tert-OH is 2. The molecule has 1 aliphatic heterocycles. The molecule has 162 valence electrons. The van der Waals surface area contributed by atoms with Gasteiger partial charge in [0.15, 0.2) is 0 Å². The monoisotopic (exact) mass is 469 g/mol. The topological polar surface area (TPSA) is 128 Å². The highest BCUT2D eigenvalue weighted by Gasteiger charge is 2.31. The van der Waals surface area contributed by atoms with Crippen LogP contribution in [0.5, 0.6) is 0 Å². The molecule has 2 aromatic rings. The lowest BCUT2D eigenvalue weighted by Crippen LogP contribution is -2.43. The predicted molar refractivity (Wildman–Crippen MR) is 120 cm³/mol. The lowest BCUT2D eigenvalue weighted by Gasteiger charge is -2.33. The molecule has 1 saturated carbocycles. The van der Waals surface area contributed by atoms with Gasteiger partial charge in [0.2, 0.25) is 5.91 Å². The molecule has 2 aliphatic rings. The van der Waals surface area contributed by atoms with Gasteiger partial charge in [-0.1, -0.05) is 0 Å². The van der Waals surface area contributed by atoms with Crippen molar-refractivity contribution in [2.75, 3.05) is 36.5 Å². The Bertz CT molecular complexity index is 792. The van der Waals surface area contributed by atoms with Crippen LogP contribution in [0.25, 0.3) is 11.0 Å². The quantitative estimate of drug-likeness (QED) is 0.469. The number of aliphatic hydroxyl groups is 2. The van der Waals surface area contributed by atoms with E-state index in [-0.39, 0.29) is 31.1 Å². The number of aromatic amines is 1. The van der Waals surface area contributed by atoms with Crippen LogP contribution in [0, 0.1) is 5.92 Å². The third kappa shape index (κ3) is 6.40. The van der Waals surface area contributed by atoms with Gasteiger partial charge in [0.05, 0.1) is 21.2 Å². The minimum absolute atomic E-state index is 0.104. The first-order valence-corrected chi connectivity index (χ1v) is 10.9. The van der Waals surface area contributed by atoms with Gasteiger partial charge in [-0.25, -0.2) is 4.98 Å². The second kappa shape index (κ2) is 11.5. The number of piperidine rings is 1. The molecule has 0 bridgehead atoms. The maximum atomic E-state index is 12.2. The number of fused-ring (bicyclic) bond motifs is 1. The maximum Gasteiger partial charge on any atom is 0.227 e. The summed E-state index contributed by atoms with van der Waals surface area (Å²) in [5.74, 6) is 0.277. The van der Waals surface area contributed by atoms with E-state index in [4.69, 9.17) is 15.9 Å². The minimum Gasteiger partial charge on any atom is -0.397 e. The van der Waals surface area contributed by atoms with Gasteiger partial charge in [-0.15, -0.1) is 0 Å². The summed E-state index contributed by atoms with van der Waals surface area (Å²) in [4.78, 5) is 22.0. The molecular formula is C20H32BrN5O3. The molecular weight excluding hydrogens is 438 g/mol. The molecule has 1 aliphatic carbocycles. The van der Waals surface area contributed by atoms with E-state index in [9.17, 15) is 4.79 Å². The van der Waals surface area contributed by atoms with Crippen LogP contribution in [-0.2, 0) is 4.79 Å². The van der Waals surface area contributed by atoms with E-state index in [2.05, 4.69) is 36.1 Å². The predicted octanol–water partition coefficient (Wildman–Crippen LogP) is 2.60. The first kappa shape index (κ1) is 23.6. The zero-order valence-electron chi connectivity index (χ0n) is 17.1. The molecule has 4 rings (SSSR count). The SMILES string of the molecule is CCO.CCO.N[C@@H]1CCCN(c2c(Br)cnc3[nH]cc(NC(=O)C4CC4)c23)C1. The van der Waals surface area contributed by atoms with Gasteiger partial charge in [-0.2, -0.15) is 0 Å². The molecule has 29 heavy (non-hydrogen) atoms. The number of nitrogens with zero attached hydrogens (tertiary/aromatic N) is 2. The molecule has 8 nitrogen and oxygen atoms in total. The molecule has 2 fully saturated rings. The van der Waals surface area contributed by atoms with Crippen molar-refractivity contribution < 1.29 is 15.0 Å². The second-order valence-corrected chi connectivity index (χ2v) is 7.98. The first-order chi connectivity index (χ1) is 14.0. The van der Waals surface area contributed by atoms with Gasteiger partial charge in [0, 0.05) is 50.7 Å². The van der Waals surface area contributed by atoms with Crippen LogP contribution in [0.15, 0.2) is 16.9 Å². The van der Waals surface area contributed by atoms with Crippen molar-refractivity contribution in [1.29, 1.82) is 0 Å². The molecule has 0 aromatic carbocycles. The van der Waals surface area contributed by atoms with Gasteiger partial charge < -0.3 is 31.1 Å². The van der Waals surface area contributed by atoms with Gasteiger partial charge in [-0.05, 0) is 55.5 Å². The number of nitrogens with one attached hydrogen (secondary N) is 2. The van der Waals surface area contributed by atoms with E-state index in [1.54, 1.807) is 20.0 Å². The molecule has 1 saturated heterocycles. The highest BCUT2D eigenvalue weighted by molar-refractivity contribution is 9.10. The first-order valence-electron chi connectivity index (χ1n) is 10.1. The summed E-state index contributed by atoms with van der Waals surface area (Å²) in [6.07, 6.45) is 7.75. The zero-order chi connectivity index (χ0) is 21.4. The number of aromatic nitrogens is 2. The molecule has 6 N–H and O–H groups in total. The third-order valence-corrected chi connectivity index (χ3v) is 5.19. The summed E-state index contributed by atoms with van der Waals surface area (Å²) in [6, 6.07) is 0.183. The maximum absolute atomic E-state index is 12.2. The number of hydrogen-bond donors (Lipinski definition) is 5. The van der Waals surface area contributed by atoms with E-state index in [0.29, 0.717) is 0 Å². The lowest BCUT2D eigenvalue weighted by atomic mass is 10.1. The Labute approximate surface area is 180 Å². The zero-order valence-corrected chi connectivity index (χ0v) is 18.7. The van der Waals surface area contributed by atoms with Crippen LogP contribution >= 0.6 is 15.9 Å². The van der Waals surface area contributed by atoms with Crippen molar-refractivity contribution >= 4 is 44.2 Å². The highest BCUT2D eigenvalue weighted by Crippen LogP contribution is 2.39. The molecule has 0 radical (unpaired) electrons. The van der Waals surface area contributed by atoms with E-state index in [1.165, 1.54) is 0 Å². The van der Waals surface area contributed by atoms with Crippen molar-refractivity contribution in [2.24, 2.45) is 11.7 Å². The fraction of sp³-hybridized carbons (Fsp3) is 0.600. The van der Waals surface area contributed by atoms with Gasteiger partial charge in [0.25, 0.3) is 0 Å². The molecule has 3 heterocycles. The van der Waals surface area contributed by atoms with Crippen LogP contribution in [0.3, 0.4) is 0 Å². The number of carbonyl (C=O) groups excluding carboxylic acids is 1. The Hall–Kier alpha value is -1.68. The van der Waals surface area contributed by atoms with Crippen molar-refractivity contribution in [3.8, 4) is 0 Å². The largest absolute Gasteiger partial charge is 0.397 e. The van der Waals surface area contributed by atoms with Crippen LogP contribution in [0.4, 0.5) is 11.4 Å². The van der Waals surface area contributed by atoms with Crippen molar-refractivity contribution in [3.05, 3.63) is 16.9 Å². The van der Waals surface area contributed by atoms with Gasteiger partial charge >= 0.3 is 0 Å². The third-order valence-electron chi connectivity index (χ3n) is 4.61. The van der Waals surface area contributed by atoms with E-state index in [0.717, 1.165) is 65.7 Å². The Kier molecular flexibility index (Phi) is 9.35. The number of hydrogen-bond acceptors (Lipinski definition) is 6. The van der Waals surface area contributed by atoms with Crippen LogP contribution in [0.2, 0.25) is 0 Å². The molecule has 1 amide bonds.